The number of nitrogens with one attached hydrogen (secondary N) is 2. The number of hydrogen-bond donors (Lipinski definition) is 2. The van der Waals surface area contributed by atoms with Crippen LogP contribution >= 0.6 is 0 Å². The van der Waals surface area contributed by atoms with Crippen LogP contribution in [-0.2, 0) is 10.0 Å². The van der Waals surface area contributed by atoms with Crippen molar-refractivity contribution in [3.63, 3.8) is 0 Å². The topological polar surface area (TPSA) is 75.3 Å². The minimum absolute atomic E-state index is 0.0830. The van der Waals surface area contributed by atoms with Crippen molar-refractivity contribution in [2.75, 3.05) is 4.72 Å². The van der Waals surface area contributed by atoms with Gasteiger partial charge in [0.2, 0.25) is 0 Å². The average molecular weight is 423 g/mol. The second-order valence-corrected chi connectivity index (χ2v) is 9.21. The Labute approximate surface area is 178 Å². The summed E-state index contributed by atoms with van der Waals surface area (Å²) in [6.45, 7) is 7.50. The average Bonchev–Trinajstić information content (AvgIpc) is 2.68. The van der Waals surface area contributed by atoms with Crippen molar-refractivity contribution < 1.29 is 13.2 Å². The Morgan fingerprint density at radius 2 is 1.57 bits per heavy atom. The van der Waals surface area contributed by atoms with Crippen molar-refractivity contribution in [1.82, 2.24) is 5.32 Å². The molecule has 30 heavy (non-hydrogen) atoms. The molecule has 0 spiro atoms. The first-order chi connectivity index (χ1) is 14.2. The van der Waals surface area contributed by atoms with Gasteiger partial charge >= 0.3 is 0 Å². The second kappa shape index (κ2) is 8.71. The normalized spacial score (nSPS) is 12.3. The van der Waals surface area contributed by atoms with Crippen LogP contribution in [0.4, 0.5) is 5.69 Å². The van der Waals surface area contributed by atoms with E-state index in [1.807, 2.05) is 51.1 Å². The molecule has 0 saturated heterocycles. The Kier molecular flexibility index (Phi) is 6.27. The number of hydrogen-bond acceptors (Lipinski definition) is 3. The molecular formula is C24H26N2O3S. The molecule has 0 aromatic heterocycles. The molecule has 0 aliphatic rings. The number of benzene rings is 3. The van der Waals surface area contributed by atoms with Crippen LogP contribution in [0.3, 0.4) is 0 Å². The van der Waals surface area contributed by atoms with E-state index in [-0.39, 0.29) is 16.8 Å². The Balaban J connectivity index is 1.83. The van der Waals surface area contributed by atoms with E-state index in [4.69, 9.17) is 0 Å². The maximum absolute atomic E-state index is 12.9. The van der Waals surface area contributed by atoms with Gasteiger partial charge in [0.05, 0.1) is 10.9 Å². The third-order valence-corrected chi connectivity index (χ3v) is 6.46. The summed E-state index contributed by atoms with van der Waals surface area (Å²) in [5, 5.41) is 2.93. The lowest BCUT2D eigenvalue weighted by molar-refractivity contribution is 0.0939. The van der Waals surface area contributed by atoms with Crippen molar-refractivity contribution in [3.8, 4) is 0 Å². The molecule has 2 N–H and O–H groups in total. The van der Waals surface area contributed by atoms with Gasteiger partial charge in [0.1, 0.15) is 0 Å². The SMILES string of the molecule is Cc1ccc([C@@H](C)NC(=O)c2ccc(C)c(S(=O)(=O)Nc3cccc(C)c3)c2)cc1. The van der Waals surface area contributed by atoms with E-state index in [9.17, 15) is 13.2 Å². The van der Waals surface area contributed by atoms with E-state index in [0.29, 0.717) is 16.8 Å². The highest BCUT2D eigenvalue weighted by atomic mass is 32.2. The highest BCUT2D eigenvalue weighted by Gasteiger charge is 2.20. The minimum Gasteiger partial charge on any atom is -0.346 e. The number of amides is 1. The van der Waals surface area contributed by atoms with Gasteiger partial charge in [-0.15, -0.1) is 0 Å². The molecule has 3 aromatic carbocycles. The van der Waals surface area contributed by atoms with Crippen LogP contribution in [-0.4, -0.2) is 14.3 Å². The standard InChI is InChI=1S/C24H26N2O3S/c1-16-8-11-20(12-9-16)19(4)25-24(27)21-13-10-18(3)23(15-21)30(28,29)26-22-7-5-6-17(2)14-22/h5-15,19,26H,1-4H3,(H,25,27)/t19-/m1/s1. The van der Waals surface area contributed by atoms with Crippen LogP contribution in [0.2, 0.25) is 0 Å². The fourth-order valence-electron chi connectivity index (χ4n) is 3.17. The highest BCUT2D eigenvalue weighted by molar-refractivity contribution is 7.92. The summed E-state index contributed by atoms with van der Waals surface area (Å²) in [5.74, 6) is -0.324. The van der Waals surface area contributed by atoms with Gasteiger partial charge in [-0.2, -0.15) is 0 Å². The van der Waals surface area contributed by atoms with Crippen LogP contribution in [0.1, 0.15) is 45.6 Å². The predicted octanol–water partition coefficient (Wildman–Crippen LogP) is 4.90. The lowest BCUT2D eigenvalue weighted by Crippen LogP contribution is -2.27. The monoisotopic (exact) mass is 422 g/mol. The van der Waals surface area contributed by atoms with E-state index < -0.39 is 10.0 Å². The van der Waals surface area contributed by atoms with Crippen molar-refractivity contribution in [2.45, 2.75) is 38.6 Å². The third-order valence-electron chi connectivity index (χ3n) is 4.94. The molecule has 6 heteroatoms. The van der Waals surface area contributed by atoms with Gasteiger partial charge in [0.25, 0.3) is 15.9 Å². The summed E-state index contributed by atoms with van der Waals surface area (Å²) in [5.41, 5.74) is 4.42. The molecule has 0 bridgehead atoms. The highest BCUT2D eigenvalue weighted by Crippen LogP contribution is 2.22. The van der Waals surface area contributed by atoms with Gasteiger partial charge in [-0.1, -0.05) is 48.0 Å². The van der Waals surface area contributed by atoms with Crippen molar-refractivity contribution >= 4 is 21.6 Å². The van der Waals surface area contributed by atoms with E-state index in [1.165, 1.54) is 6.07 Å². The number of carbonyl (C=O) groups excluding carboxylic acids is 1. The lowest BCUT2D eigenvalue weighted by Gasteiger charge is -2.16. The molecule has 0 aliphatic carbocycles. The number of anilines is 1. The van der Waals surface area contributed by atoms with E-state index in [0.717, 1.165) is 16.7 Å². The zero-order valence-electron chi connectivity index (χ0n) is 17.6. The van der Waals surface area contributed by atoms with Gasteiger partial charge in [-0.25, -0.2) is 8.42 Å². The number of rotatable bonds is 6. The van der Waals surface area contributed by atoms with E-state index in [2.05, 4.69) is 10.0 Å². The molecule has 156 valence electrons. The molecule has 1 amide bonds. The Morgan fingerprint density at radius 1 is 0.867 bits per heavy atom. The first-order valence-corrected chi connectivity index (χ1v) is 11.2. The van der Waals surface area contributed by atoms with Crippen LogP contribution in [0.25, 0.3) is 0 Å². The molecule has 3 aromatic rings. The molecule has 1 atom stereocenters. The zero-order chi connectivity index (χ0) is 21.9. The van der Waals surface area contributed by atoms with Crippen LogP contribution in [0.15, 0.2) is 71.6 Å². The summed E-state index contributed by atoms with van der Waals surface area (Å²) < 4.78 is 28.5. The summed E-state index contributed by atoms with van der Waals surface area (Å²) >= 11 is 0. The second-order valence-electron chi connectivity index (χ2n) is 7.56. The fraction of sp³-hybridized carbons (Fsp3) is 0.208. The van der Waals surface area contributed by atoms with Gasteiger partial charge in [0, 0.05) is 11.3 Å². The molecule has 0 aliphatic heterocycles. The van der Waals surface area contributed by atoms with Crippen molar-refractivity contribution in [2.24, 2.45) is 0 Å². The molecule has 0 heterocycles. The lowest BCUT2D eigenvalue weighted by atomic mass is 10.1. The Hall–Kier alpha value is -3.12. The van der Waals surface area contributed by atoms with E-state index in [1.54, 1.807) is 37.3 Å². The zero-order valence-corrected chi connectivity index (χ0v) is 18.4. The summed E-state index contributed by atoms with van der Waals surface area (Å²) in [6, 6.07) is 19.6. The van der Waals surface area contributed by atoms with Gasteiger partial charge in [-0.3, -0.25) is 9.52 Å². The quantitative estimate of drug-likeness (QED) is 0.593. The Bertz CT molecular complexity index is 1170. The molecular weight excluding hydrogens is 396 g/mol. The van der Waals surface area contributed by atoms with Crippen LogP contribution in [0.5, 0.6) is 0 Å². The van der Waals surface area contributed by atoms with Gasteiger partial charge in [-0.05, 0) is 68.7 Å². The van der Waals surface area contributed by atoms with Gasteiger partial charge < -0.3 is 5.32 Å². The smallest absolute Gasteiger partial charge is 0.262 e. The first-order valence-electron chi connectivity index (χ1n) is 9.73. The number of aryl methyl sites for hydroxylation is 3. The maximum Gasteiger partial charge on any atom is 0.262 e. The van der Waals surface area contributed by atoms with Crippen molar-refractivity contribution in [1.29, 1.82) is 0 Å². The maximum atomic E-state index is 12.9. The predicted molar refractivity (Wildman–Crippen MR) is 120 cm³/mol. The minimum atomic E-state index is -3.83. The fourth-order valence-corrected chi connectivity index (χ4v) is 4.49. The molecule has 0 saturated carbocycles. The Morgan fingerprint density at radius 3 is 2.23 bits per heavy atom. The van der Waals surface area contributed by atoms with Crippen LogP contribution < -0.4 is 10.0 Å². The number of sulfonamides is 1. The largest absolute Gasteiger partial charge is 0.346 e. The molecule has 0 radical (unpaired) electrons. The molecule has 0 fully saturated rings. The molecule has 3 rings (SSSR count). The summed E-state index contributed by atoms with van der Waals surface area (Å²) in [7, 11) is -3.83. The first kappa shape index (κ1) is 21.6. The van der Waals surface area contributed by atoms with Crippen LogP contribution in [0, 0.1) is 20.8 Å². The summed E-state index contributed by atoms with van der Waals surface area (Å²) in [6.07, 6.45) is 0. The molecule has 5 nitrogen and oxygen atoms in total. The van der Waals surface area contributed by atoms with Gasteiger partial charge in [0.15, 0.2) is 0 Å². The third kappa shape index (κ3) is 5.07. The van der Waals surface area contributed by atoms with Crippen molar-refractivity contribution in [3.05, 3.63) is 94.5 Å². The van der Waals surface area contributed by atoms with E-state index >= 15 is 0 Å². The summed E-state index contributed by atoms with van der Waals surface area (Å²) in [4.78, 5) is 12.8. The number of carbonyl (C=O) groups is 1. The molecule has 0 unspecified atom stereocenters.